The van der Waals surface area contributed by atoms with E-state index < -0.39 is 0 Å². The van der Waals surface area contributed by atoms with Gasteiger partial charge in [-0.25, -0.2) is 0 Å². The number of rotatable bonds is 20. The van der Waals surface area contributed by atoms with Crippen molar-refractivity contribution in [2.24, 2.45) is 11.3 Å². The van der Waals surface area contributed by atoms with Gasteiger partial charge in [-0.05, 0) is 25.2 Å². The average Bonchev–Trinajstić information content (AvgIpc) is 3.62. The van der Waals surface area contributed by atoms with E-state index in [-0.39, 0.29) is 5.41 Å². The summed E-state index contributed by atoms with van der Waals surface area (Å²) in [7, 11) is 0. The van der Waals surface area contributed by atoms with Gasteiger partial charge >= 0.3 is 0 Å². The normalized spacial score (nSPS) is 30.8. The molecule has 0 aromatic heterocycles. The molecule has 0 N–H and O–H groups in total. The van der Waals surface area contributed by atoms with E-state index in [9.17, 15) is 0 Å². The Balaban J connectivity index is 0.000000183. The van der Waals surface area contributed by atoms with Crippen LogP contribution in [0, 0.1) is 11.3 Å². The molecule has 0 aromatic carbocycles. The number of hydrogen-bond acceptors (Lipinski definition) is 9. The highest BCUT2D eigenvalue weighted by Crippen LogP contribution is 2.28. The van der Waals surface area contributed by atoms with Gasteiger partial charge in [0, 0.05) is 12.0 Å². The lowest BCUT2D eigenvalue weighted by Crippen LogP contribution is -2.38. The summed E-state index contributed by atoms with van der Waals surface area (Å²) in [6.07, 6.45) is 4.93. The molecule has 0 radical (unpaired) electrons. The molecule has 1 saturated carbocycles. The Kier molecular flexibility index (Phi) is 10.6. The predicted octanol–water partition coefficient (Wildman–Crippen LogP) is 1.46. The van der Waals surface area contributed by atoms with Crippen LogP contribution in [0.25, 0.3) is 0 Å². The van der Waals surface area contributed by atoms with Gasteiger partial charge in [-0.1, -0.05) is 6.92 Å². The summed E-state index contributed by atoms with van der Waals surface area (Å²) in [6, 6.07) is 0. The molecular weight excluding hydrogens is 432 g/mol. The van der Waals surface area contributed by atoms with Gasteiger partial charge in [0.15, 0.2) is 0 Å². The van der Waals surface area contributed by atoms with Crippen molar-refractivity contribution in [3.63, 3.8) is 0 Å². The summed E-state index contributed by atoms with van der Waals surface area (Å²) in [5.74, 6) is 0.858. The quantitative estimate of drug-likeness (QED) is 0.192. The second-order valence-corrected chi connectivity index (χ2v) is 9.81. The van der Waals surface area contributed by atoms with Crippen molar-refractivity contribution in [2.45, 2.75) is 50.6 Å². The van der Waals surface area contributed by atoms with E-state index in [4.69, 9.17) is 42.6 Å². The lowest BCUT2D eigenvalue weighted by Gasteiger charge is -2.32. The van der Waals surface area contributed by atoms with Crippen molar-refractivity contribution >= 4 is 0 Å². The zero-order valence-corrected chi connectivity index (χ0v) is 20.1. The zero-order chi connectivity index (χ0) is 22.8. The summed E-state index contributed by atoms with van der Waals surface area (Å²) >= 11 is 0. The van der Waals surface area contributed by atoms with Gasteiger partial charge in [0.25, 0.3) is 0 Å². The van der Waals surface area contributed by atoms with Gasteiger partial charge in [0.2, 0.25) is 0 Å². The monoisotopic (exact) mass is 474 g/mol. The van der Waals surface area contributed by atoms with E-state index in [1.165, 1.54) is 12.8 Å². The average molecular weight is 475 g/mol. The molecule has 1 aliphatic carbocycles. The summed E-state index contributed by atoms with van der Waals surface area (Å²) < 4.78 is 48.7. The Morgan fingerprint density at radius 3 is 1.27 bits per heavy atom. The largest absolute Gasteiger partial charge is 0.379 e. The van der Waals surface area contributed by atoms with Crippen molar-refractivity contribution < 1.29 is 42.6 Å². The SMILES string of the molecule is C(COCC1CO1)OCC1CC1.CCC(COCC1CO1)(COCC1CO1)COCC1CO1. The van der Waals surface area contributed by atoms with E-state index in [2.05, 4.69) is 6.92 Å². The Morgan fingerprint density at radius 1 is 0.576 bits per heavy atom. The second kappa shape index (κ2) is 13.7. The van der Waals surface area contributed by atoms with Crippen LogP contribution < -0.4 is 0 Å². The Morgan fingerprint density at radius 2 is 0.939 bits per heavy atom. The van der Waals surface area contributed by atoms with Crippen molar-refractivity contribution in [3.05, 3.63) is 0 Å². The maximum absolute atomic E-state index is 5.81. The summed E-state index contributed by atoms with van der Waals surface area (Å²) in [4.78, 5) is 0. The number of epoxide rings is 4. The third kappa shape index (κ3) is 12.2. The molecule has 5 aliphatic rings. The van der Waals surface area contributed by atoms with E-state index in [0.717, 1.165) is 58.6 Å². The number of hydrogen-bond donors (Lipinski definition) is 0. The predicted molar refractivity (Wildman–Crippen MR) is 119 cm³/mol. The van der Waals surface area contributed by atoms with Gasteiger partial charge in [-0.3, -0.25) is 0 Å². The fourth-order valence-electron chi connectivity index (χ4n) is 3.18. The van der Waals surface area contributed by atoms with Gasteiger partial charge in [0.05, 0.1) is 85.9 Å². The minimum absolute atomic E-state index is 0.0985. The first kappa shape index (κ1) is 25.7. The fraction of sp³-hybridized carbons (Fsp3) is 1.00. The smallest absolute Gasteiger partial charge is 0.104 e. The summed E-state index contributed by atoms with van der Waals surface area (Å²) in [5.41, 5.74) is -0.0985. The molecule has 4 atom stereocenters. The zero-order valence-electron chi connectivity index (χ0n) is 20.1. The molecule has 4 unspecified atom stereocenters. The van der Waals surface area contributed by atoms with Gasteiger partial charge < -0.3 is 42.6 Å². The lowest BCUT2D eigenvalue weighted by atomic mass is 9.88. The molecule has 9 heteroatoms. The minimum atomic E-state index is -0.0985. The first-order valence-corrected chi connectivity index (χ1v) is 12.6. The molecule has 4 heterocycles. The molecule has 4 saturated heterocycles. The van der Waals surface area contributed by atoms with E-state index in [1.54, 1.807) is 0 Å². The maximum atomic E-state index is 5.81. The van der Waals surface area contributed by atoms with E-state index in [1.807, 2.05) is 0 Å². The maximum Gasteiger partial charge on any atom is 0.104 e. The molecule has 192 valence electrons. The standard InChI is InChI=1S/C15H26O6.C9H16O3/c1-2-15(9-16-3-12-6-19-12,10-17-4-13-7-20-13)11-18-5-14-8-21-14;1-2-8(1)5-10-3-4-11-6-9-7-12-9/h12-14H,2-11H2,1H3;8-9H,1-7H2. The van der Waals surface area contributed by atoms with Crippen molar-refractivity contribution in [2.75, 3.05) is 92.5 Å². The topological polar surface area (TPSA) is 96.3 Å². The molecular formula is C24H42O9. The van der Waals surface area contributed by atoms with Crippen LogP contribution in [-0.4, -0.2) is 117 Å². The van der Waals surface area contributed by atoms with Gasteiger partial charge in [0.1, 0.15) is 24.4 Å². The molecule has 0 spiro atoms. The number of ether oxygens (including phenoxy) is 9. The molecule has 0 bridgehead atoms. The van der Waals surface area contributed by atoms with Crippen molar-refractivity contribution in [3.8, 4) is 0 Å². The van der Waals surface area contributed by atoms with Crippen LogP contribution in [0.2, 0.25) is 0 Å². The van der Waals surface area contributed by atoms with Gasteiger partial charge in [-0.15, -0.1) is 0 Å². The van der Waals surface area contributed by atoms with Crippen LogP contribution in [0.4, 0.5) is 0 Å². The molecule has 33 heavy (non-hydrogen) atoms. The lowest BCUT2D eigenvalue weighted by molar-refractivity contribution is -0.0762. The Hall–Kier alpha value is -0.360. The Bertz CT molecular complexity index is 466. The molecule has 9 nitrogen and oxygen atoms in total. The molecule has 0 amide bonds. The summed E-state index contributed by atoms with van der Waals surface area (Å²) in [6.45, 7) is 12.6. The fourth-order valence-corrected chi connectivity index (χ4v) is 3.18. The third-order valence-corrected chi connectivity index (χ3v) is 6.22. The van der Waals surface area contributed by atoms with E-state index in [0.29, 0.717) is 70.7 Å². The van der Waals surface area contributed by atoms with Crippen LogP contribution in [0.15, 0.2) is 0 Å². The molecule has 0 aromatic rings. The van der Waals surface area contributed by atoms with Gasteiger partial charge in [-0.2, -0.15) is 0 Å². The van der Waals surface area contributed by atoms with Crippen LogP contribution in [0.1, 0.15) is 26.2 Å². The van der Waals surface area contributed by atoms with Crippen LogP contribution in [0.3, 0.4) is 0 Å². The highest BCUT2D eigenvalue weighted by molar-refractivity contribution is 4.80. The van der Waals surface area contributed by atoms with Crippen LogP contribution in [0.5, 0.6) is 0 Å². The van der Waals surface area contributed by atoms with Crippen molar-refractivity contribution in [1.82, 2.24) is 0 Å². The highest BCUT2D eigenvalue weighted by atomic mass is 16.6. The molecule has 5 fully saturated rings. The third-order valence-electron chi connectivity index (χ3n) is 6.22. The second-order valence-electron chi connectivity index (χ2n) is 9.81. The highest BCUT2D eigenvalue weighted by Gasteiger charge is 2.34. The van der Waals surface area contributed by atoms with Crippen LogP contribution in [-0.2, 0) is 42.6 Å². The van der Waals surface area contributed by atoms with Crippen LogP contribution >= 0.6 is 0 Å². The Labute approximate surface area is 197 Å². The first-order valence-electron chi connectivity index (χ1n) is 12.6. The van der Waals surface area contributed by atoms with E-state index >= 15 is 0 Å². The molecule has 4 aliphatic heterocycles. The first-order chi connectivity index (χ1) is 16.2. The summed E-state index contributed by atoms with van der Waals surface area (Å²) in [5, 5.41) is 0. The molecule has 5 rings (SSSR count). The minimum Gasteiger partial charge on any atom is -0.379 e. The van der Waals surface area contributed by atoms with Crippen molar-refractivity contribution in [1.29, 1.82) is 0 Å².